The van der Waals surface area contributed by atoms with Gasteiger partial charge in [-0.15, -0.1) is 0 Å². The maximum atomic E-state index is 10.7. The van der Waals surface area contributed by atoms with Crippen molar-refractivity contribution in [2.45, 2.75) is 64.2 Å². The van der Waals surface area contributed by atoms with Crippen LogP contribution < -0.4 is 0 Å². The lowest BCUT2D eigenvalue weighted by atomic mass is 9.76. The van der Waals surface area contributed by atoms with Crippen molar-refractivity contribution in [2.24, 2.45) is 5.41 Å². The van der Waals surface area contributed by atoms with Crippen molar-refractivity contribution in [3.05, 3.63) is 22.7 Å². The molecule has 0 bridgehead atoms. The van der Waals surface area contributed by atoms with Crippen molar-refractivity contribution in [2.75, 3.05) is 13.2 Å². The van der Waals surface area contributed by atoms with Crippen molar-refractivity contribution in [1.82, 2.24) is 0 Å². The minimum Gasteiger partial charge on any atom is -0.511 e. The Kier molecular flexibility index (Phi) is 5.71. The molecule has 0 amide bonds. The molecule has 0 aliphatic heterocycles. The van der Waals surface area contributed by atoms with Crippen LogP contribution in [0.4, 0.5) is 0 Å². The van der Waals surface area contributed by atoms with Crippen molar-refractivity contribution < 1.29 is 20.4 Å². The lowest BCUT2D eigenvalue weighted by Gasteiger charge is -2.33. The normalized spacial score (nSPS) is 20.5. The number of rotatable bonds is 4. The Balaban J connectivity index is 2.39. The quantitative estimate of drug-likeness (QED) is 0.598. The summed E-state index contributed by atoms with van der Waals surface area (Å²) < 4.78 is 0. The van der Waals surface area contributed by atoms with Crippen LogP contribution in [0.3, 0.4) is 0 Å². The van der Waals surface area contributed by atoms with Crippen LogP contribution in [-0.2, 0) is 0 Å². The van der Waals surface area contributed by atoms with E-state index < -0.39 is 18.6 Å². The molecule has 0 radical (unpaired) electrons. The van der Waals surface area contributed by atoms with Gasteiger partial charge in [0.1, 0.15) is 16.9 Å². The maximum absolute atomic E-state index is 10.7. The van der Waals surface area contributed by atoms with Gasteiger partial charge < -0.3 is 20.4 Å². The molecule has 2 saturated carbocycles. The fourth-order valence-electron chi connectivity index (χ4n) is 3.57. The van der Waals surface area contributed by atoms with Gasteiger partial charge in [-0.05, 0) is 62.5 Å². The second-order valence-electron chi connectivity index (χ2n) is 6.42. The number of hydrogen-bond acceptors (Lipinski definition) is 4. The predicted molar refractivity (Wildman–Crippen MR) is 82.1 cm³/mol. The second kappa shape index (κ2) is 7.32. The molecule has 0 aromatic carbocycles. The fourth-order valence-corrected chi connectivity index (χ4v) is 3.57. The molecule has 0 atom stereocenters. The molecule has 2 fully saturated rings. The van der Waals surface area contributed by atoms with Crippen LogP contribution in [-0.4, -0.2) is 33.6 Å². The molecule has 0 saturated heterocycles. The lowest BCUT2D eigenvalue weighted by molar-refractivity contribution is 0.0405. The Bertz CT molecular complexity index is 367. The SMILES string of the molecule is OCC(CO)(C(O)=C1CCCCC1)C(O)=C1CCCCC1. The lowest BCUT2D eigenvalue weighted by Crippen LogP contribution is -2.36. The molecule has 2 aliphatic rings. The van der Waals surface area contributed by atoms with E-state index >= 15 is 0 Å². The third-order valence-corrected chi connectivity index (χ3v) is 5.03. The van der Waals surface area contributed by atoms with Gasteiger partial charge in [0, 0.05) is 0 Å². The van der Waals surface area contributed by atoms with Crippen LogP contribution in [0.5, 0.6) is 0 Å². The van der Waals surface area contributed by atoms with Gasteiger partial charge in [0.05, 0.1) is 13.2 Å². The highest BCUT2D eigenvalue weighted by atomic mass is 16.3. The fraction of sp³-hybridized carbons (Fsp3) is 0.765. The van der Waals surface area contributed by atoms with Crippen molar-refractivity contribution in [3.63, 3.8) is 0 Å². The van der Waals surface area contributed by atoms with Gasteiger partial charge in [0.15, 0.2) is 0 Å². The number of hydrogen-bond donors (Lipinski definition) is 4. The molecule has 0 heterocycles. The molecule has 4 heteroatoms. The van der Waals surface area contributed by atoms with E-state index in [1.165, 1.54) is 0 Å². The van der Waals surface area contributed by atoms with Crippen LogP contribution in [0, 0.1) is 5.41 Å². The standard InChI is InChI=1S/C17H28O4/c18-11-17(12-19,15(20)13-7-3-1-4-8-13)16(21)14-9-5-2-6-10-14/h18-21H,1-12H2. The van der Waals surface area contributed by atoms with Gasteiger partial charge in [0.2, 0.25) is 0 Å². The largest absolute Gasteiger partial charge is 0.511 e. The van der Waals surface area contributed by atoms with Gasteiger partial charge in [-0.2, -0.15) is 0 Å². The minimum atomic E-state index is -1.40. The van der Waals surface area contributed by atoms with E-state index in [1.54, 1.807) is 0 Å². The number of allylic oxidation sites excluding steroid dienone is 2. The maximum Gasteiger partial charge on any atom is 0.130 e. The van der Waals surface area contributed by atoms with Crippen molar-refractivity contribution >= 4 is 0 Å². The highest BCUT2D eigenvalue weighted by molar-refractivity contribution is 5.30. The molecule has 2 aliphatic carbocycles. The Morgan fingerprint density at radius 3 is 1.29 bits per heavy atom. The van der Waals surface area contributed by atoms with Gasteiger partial charge >= 0.3 is 0 Å². The zero-order valence-corrected chi connectivity index (χ0v) is 12.8. The molecule has 21 heavy (non-hydrogen) atoms. The van der Waals surface area contributed by atoms with Crippen LogP contribution in [0.1, 0.15) is 64.2 Å². The van der Waals surface area contributed by atoms with Gasteiger partial charge in [0.25, 0.3) is 0 Å². The average Bonchev–Trinajstić information content (AvgIpc) is 2.57. The summed E-state index contributed by atoms with van der Waals surface area (Å²) in [6, 6.07) is 0. The monoisotopic (exact) mass is 296 g/mol. The molecule has 2 rings (SSSR count). The zero-order chi connectivity index (χ0) is 15.3. The van der Waals surface area contributed by atoms with E-state index in [-0.39, 0.29) is 11.5 Å². The second-order valence-corrected chi connectivity index (χ2v) is 6.42. The topological polar surface area (TPSA) is 80.9 Å². The third kappa shape index (κ3) is 3.27. The molecule has 4 nitrogen and oxygen atoms in total. The minimum absolute atomic E-state index is 0.00257. The summed E-state index contributed by atoms with van der Waals surface area (Å²) in [5.74, 6) is 0.00514. The van der Waals surface area contributed by atoms with E-state index in [0.29, 0.717) is 0 Å². The van der Waals surface area contributed by atoms with Gasteiger partial charge in [-0.1, -0.05) is 12.8 Å². The molecule has 0 spiro atoms. The predicted octanol–water partition coefficient (Wildman–Crippen LogP) is 3.51. The first-order chi connectivity index (χ1) is 10.2. The third-order valence-electron chi connectivity index (χ3n) is 5.03. The first kappa shape index (κ1) is 16.4. The Morgan fingerprint density at radius 1 is 0.667 bits per heavy atom. The molecule has 0 aromatic rings. The zero-order valence-electron chi connectivity index (χ0n) is 12.8. The summed E-state index contributed by atoms with van der Waals surface area (Å²) in [6.07, 6.45) is 9.52. The Labute approximate surface area is 126 Å². The van der Waals surface area contributed by atoms with E-state index in [9.17, 15) is 20.4 Å². The molecule has 120 valence electrons. The highest BCUT2D eigenvalue weighted by Gasteiger charge is 2.41. The smallest absolute Gasteiger partial charge is 0.130 e. The molecule has 4 N–H and O–H groups in total. The first-order valence-electron chi connectivity index (χ1n) is 8.20. The van der Waals surface area contributed by atoms with E-state index in [1.807, 2.05) is 0 Å². The number of aliphatic hydroxyl groups is 4. The van der Waals surface area contributed by atoms with E-state index in [0.717, 1.165) is 75.4 Å². The summed E-state index contributed by atoms with van der Waals surface area (Å²) in [4.78, 5) is 0. The molecule has 0 aromatic heterocycles. The van der Waals surface area contributed by atoms with Crippen LogP contribution >= 0.6 is 0 Å². The van der Waals surface area contributed by atoms with Crippen molar-refractivity contribution in [1.29, 1.82) is 0 Å². The summed E-state index contributed by atoms with van der Waals surface area (Å²) in [5.41, 5.74) is 0.360. The summed E-state index contributed by atoms with van der Waals surface area (Å²) in [6.45, 7) is -0.928. The van der Waals surface area contributed by atoms with E-state index in [4.69, 9.17) is 0 Å². The molecular formula is C17H28O4. The Hall–Kier alpha value is -1.00. The Morgan fingerprint density at radius 2 is 1.00 bits per heavy atom. The summed E-state index contributed by atoms with van der Waals surface area (Å²) in [7, 11) is 0. The van der Waals surface area contributed by atoms with Crippen LogP contribution in [0.25, 0.3) is 0 Å². The van der Waals surface area contributed by atoms with Crippen molar-refractivity contribution in [3.8, 4) is 0 Å². The highest BCUT2D eigenvalue weighted by Crippen LogP contribution is 2.41. The van der Waals surface area contributed by atoms with Gasteiger partial charge in [-0.3, -0.25) is 0 Å². The van der Waals surface area contributed by atoms with E-state index in [2.05, 4.69) is 0 Å². The molecular weight excluding hydrogens is 268 g/mol. The first-order valence-corrected chi connectivity index (χ1v) is 8.20. The number of aliphatic hydroxyl groups excluding tert-OH is 4. The van der Waals surface area contributed by atoms with Crippen LogP contribution in [0.2, 0.25) is 0 Å². The van der Waals surface area contributed by atoms with Crippen LogP contribution in [0.15, 0.2) is 22.7 Å². The average molecular weight is 296 g/mol. The summed E-state index contributed by atoms with van der Waals surface area (Å²) >= 11 is 0. The summed E-state index contributed by atoms with van der Waals surface area (Å²) in [5, 5.41) is 41.0. The molecule has 0 unspecified atom stereocenters. The van der Waals surface area contributed by atoms with Gasteiger partial charge in [-0.25, -0.2) is 0 Å².